The normalized spacial score (nSPS) is 19.9. The van der Waals surface area contributed by atoms with Crippen molar-refractivity contribution in [2.75, 3.05) is 20.1 Å². The van der Waals surface area contributed by atoms with Crippen LogP contribution in [0.25, 0.3) is 0 Å². The number of phenols is 2. The molecule has 3 N–H and O–H groups in total. The van der Waals surface area contributed by atoms with Crippen molar-refractivity contribution < 1.29 is 10.2 Å². The zero-order valence-electron chi connectivity index (χ0n) is 11.1. The van der Waals surface area contributed by atoms with Crippen LogP contribution in [0.3, 0.4) is 0 Å². The Morgan fingerprint density at radius 2 is 1.94 bits per heavy atom. The first-order valence-electron chi connectivity index (χ1n) is 6.52. The molecule has 1 saturated heterocycles. The lowest BCUT2D eigenvalue weighted by molar-refractivity contribution is 0.226. The first-order valence-corrected chi connectivity index (χ1v) is 6.52. The van der Waals surface area contributed by atoms with Crippen LogP contribution in [0.1, 0.15) is 31.4 Å². The summed E-state index contributed by atoms with van der Waals surface area (Å²) in [5, 5.41) is 22.7. The van der Waals surface area contributed by atoms with Gasteiger partial charge in [0.05, 0.1) is 0 Å². The Balaban J connectivity index is 1.97. The van der Waals surface area contributed by atoms with Gasteiger partial charge >= 0.3 is 0 Å². The monoisotopic (exact) mass is 250 g/mol. The maximum Gasteiger partial charge on any atom is 0.124 e. The zero-order valence-corrected chi connectivity index (χ0v) is 11.1. The van der Waals surface area contributed by atoms with Gasteiger partial charge in [-0.2, -0.15) is 0 Å². The molecule has 1 aliphatic rings. The largest absolute Gasteiger partial charge is 0.508 e. The summed E-state index contributed by atoms with van der Waals surface area (Å²) in [7, 11) is 2.14. The van der Waals surface area contributed by atoms with Crippen molar-refractivity contribution in [2.45, 2.75) is 31.8 Å². The van der Waals surface area contributed by atoms with E-state index in [1.165, 1.54) is 6.07 Å². The minimum atomic E-state index is 0.0963. The van der Waals surface area contributed by atoms with Gasteiger partial charge in [0.2, 0.25) is 0 Å². The molecule has 0 amide bonds. The molecule has 1 aromatic rings. The Morgan fingerprint density at radius 3 is 2.56 bits per heavy atom. The van der Waals surface area contributed by atoms with E-state index in [0.717, 1.165) is 31.5 Å². The predicted molar refractivity (Wildman–Crippen MR) is 71.8 cm³/mol. The van der Waals surface area contributed by atoms with E-state index in [4.69, 9.17) is 0 Å². The van der Waals surface area contributed by atoms with Crippen LogP contribution in [-0.4, -0.2) is 41.3 Å². The molecular formula is C14H22N2O2. The topological polar surface area (TPSA) is 55.7 Å². The number of nitrogens with zero attached hydrogens (tertiary/aromatic N) is 1. The van der Waals surface area contributed by atoms with E-state index in [-0.39, 0.29) is 17.5 Å². The van der Waals surface area contributed by atoms with Crippen LogP contribution in [0.5, 0.6) is 11.5 Å². The van der Waals surface area contributed by atoms with Crippen molar-refractivity contribution in [1.82, 2.24) is 10.2 Å². The van der Waals surface area contributed by atoms with Crippen LogP contribution in [0.4, 0.5) is 0 Å². The van der Waals surface area contributed by atoms with Gasteiger partial charge in [-0.3, -0.25) is 0 Å². The molecule has 1 atom stereocenters. The van der Waals surface area contributed by atoms with Crippen LogP contribution in [0.2, 0.25) is 0 Å². The number of hydrogen-bond acceptors (Lipinski definition) is 4. The fourth-order valence-corrected chi connectivity index (χ4v) is 2.52. The lowest BCUT2D eigenvalue weighted by atomic mass is 10.0. The molecule has 4 heteroatoms. The Labute approximate surface area is 108 Å². The molecule has 4 nitrogen and oxygen atoms in total. The summed E-state index contributed by atoms with van der Waals surface area (Å²) in [5.41, 5.74) is 0.840. The fraction of sp³-hybridized carbons (Fsp3) is 0.571. The van der Waals surface area contributed by atoms with Crippen LogP contribution in [-0.2, 0) is 0 Å². The van der Waals surface area contributed by atoms with Crippen molar-refractivity contribution in [3.63, 3.8) is 0 Å². The third-order valence-electron chi connectivity index (χ3n) is 3.68. The first kappa shape index (κ1) is 13.2. The second-order valence-electron chi connectivity index (χ2n) is 5.21. The first-order chi connectivity index (χ1) is 8.56. The molecule has 18 heavy (non-hydrogen) atoms. The summed E-state index contributed by atoms with van der Waals surface area (Å²) in [5.74, 6) is 0.255. The maximum absolute atomic E-state index is 9.83. The molecule has 0 radical (unpaired) electrons. The van der Waals surface area contributed by atoms with Gasteiger partial charge in [-0.05, 0) is 46.0 Å². The number of rotatable bonds is 3. The molecule has 0 aliphatic carbocycles. The van der Waals surface area contributed by atoms with Gasteiger partial charge in [0.1, 0.15) is 11.5 Å². The molecule has 100 valence electrons. The SMILES string of the molecule is CC(NC1CCN(C)CC1)c1ccc(O)cc1O. The van der Waals surface area contributed by atoms with E-state index >= 15 is 0 Å². The van der Waals surface area contributed by atoms with Crippen molar-refractivity contribution in [3.8, 4) is 11.5 Å². The maximum atomic E-state index is 9.83. The third-order valence-corrected chi connectivity index (χ3v) is 3.68. The van der Waals surface area contributed by atoms with E-state index in [1.54, 1.807) is 12.1 Å². The second kappa shape index (κ2) is 5.59. The summed E-state index contributed by atoms with van der Waals surface area (Å²) in [6.07, 6.45) is 2.28. The van der Waals surface area contributed by atoms with Gasteiger partial charge in [-0.15, -0.1) is 0 Å². The summed E-state index contributed by atoms with van der Waals surface area (Å²) in [4.78, 5) is 2.33. The predicted octanol–water partition coefficient (Wildman–Crippen LogP) is 1.84. The summed E-state index contributed by atoms with van der Waals surface area (Å²) in [6, 6.07) is 5.38. The van der Waals surface area contributed by atoms with E-state index in [2.05, 4.69) is 17.3 Å². The highest BCUT2D eigenvalue weighted by atomic mass is 16.3. The van der Waals surface area contributed by atoms with Crippen LogP contribution in [0, 0.1) is 0 Å². The summed E-state index contributed by atoms with van der Waals surface area (Å²) < 4.78 is 0. The zero-order chi connectivity index (χ0) is 13.1. The molecule has 1 fully saturated rings. The standard InChI is InChI=1S/C14H22N2O2/c1-10(13-4-3-12(17)9-14(13)18)15-11-5-7-16(2)8-6-11/h3-4,9-11,15,17-18H,5-8H2,1-2H3. The molecule has 1 aliphatic heterocycles. The number of piperidine rings is 1. The van der Waals surface area contributed by atoms with Gasteiger partial charge in [0, 0.05) is 23.7 Å². The van der Waals surface area contributed by atoms with Crippen LogP contribution >= 0.6 is 0 Å². The highest BCUT2D eigenvalue weighted by molar-refractivity contribution is 5.40. The van der Waals surface area contributed by atoms with Gasteiger partial charge in [-0.1, -0.05) is 6.07 Å². The third kappa shape index (κ3) is 3.15. The number of nitrogens with one attached hydrogen (secondary N) is 1. The minimum Gasteiger partial charge on any atom is -0.508 e. The number of likely N-dealkylation sites (tertiary alicyclic amines) is 1. The lowest BCUT2D eigenvalue weighted by Crippen LogP contribution is -2.41. The van der Waals surface area contributed by atoms with Crippen molar-refractivity contribution in [2.24, 2.45) is 0 Å². The Bertz CT molecular complexity index is 401. The van der Waals surface area contributed by atoms with Crippen molar-refractivity contribution >= 4 is 0 Å². The Morgan fingerprint density at radius 1 is 1.28 bits per heavy atom. The van der Waals surface area contributed by atoms with E-state index in [1.807, 2.05) is 6.92 Å². The van der Waals surface area contributed by atoms with Gasteiger partial charge in [0.15, 0.2) is 0 Å². The summed E-state index contributed by atoms with van der Waals surface area (Å²) in [6.45, 7) is 4.28. The number of benzene rings is 1. The molecule has 1 unspecified atom stereocenters. The van der Waals surface area contributed by atoms with Gasteiger partial charge in [-0.25, -0.2) is 0 Å². The molecular weight excluding hydrogens is 228 g/mol. The number of phenolic OH excluding ortho intramolecular Hbond substituents is 2. The Kier molecular flexibility index (Phi) is 4.09. The van der Waals surface area contributed by atoms with Gasteiger partial charge < -0.3 is 20.4 Å². The van der Waals surface area contributed by atoms with Crippen molar-refractivity contribution in [1.29, 1.82) is 0 Å². The Hall–Kier alpha value is -1.26. The second-order valence-corrected chi connectivity index (χ2v) is 5.21. The van der Waals surface area contributed by atoms with Crippen LogP contribution in [0.15, 0.2) is 18.2 Å². The average Bonchev–Trinajstić information content (AvgIpc) is 2.32. The molecule has 2 rings (SSSR count). The van der Waals surface area contributed by atoms with Crippen molar-refractivity contribution in [3.05, 3.63) is 23.8 Å². The fourth-order valence-electron chi connectivity index (χ4n) is 2.52. The smallest absolute Gasteiger partial charge is 0.124 e. The lowest BCUT2D eigenvalue weighted by Gasteiger charge is -2.31. The van der Waals surface area contributed by atoms with E-state index < -0.39 is 0 Å². The van der Waals surface area contributed by atoms with Crippen LogP contribution < -0.4 is 5.32 Å². The molecule has 0 aromatic heterocycles. The average molecular weight is 250 g/mol. The highest BCUT2D eigenvalue weighted by Gasteiger charge is 2.20. The minimum absolute atomic E-state index is 0.0963. The quantitative estimate of drug-likeness (QED) is 0.766. The molecule has 1 aromatic carbocycles. The molecule has 0 saturated carbocycles. The van der Waals surface area contributed by atoms with E-state index in [9.17, 15) is 10.2 Å². The van der Waals surface area contributed by atoms with Gasteiger partial charge in [0.25, 0.3) is 0 Å². The molecule has 0 spiro atoms. The number of hydrogen-bond donors (Lipinski definition) is 3. The number of aromatic hydroxyl groups is 2. The van der Waals surface area contributed by atoms with E-state index in [0.29, 0.717) is 6.04 Å². The highest BCUT2D eigenvalue weighted by Crippen LogP contribution is 2.28. The summed E-state index contributed by atoms with van der Waals surface area (Å²) >= 11 is 0. The molecule has 0 bridgehead atoms. The molecule has 1 heterocycles.